The van der Waals surface area contributed by atoms with Crippen LogP contribution in [0.5, 0.6) is 0 Å². The Bertz CT molecular complexity index is 261. The highest BCUT2D eigenvalue weighted by molar-refractivity contribution is 5.91. The van der Waals surface area contributed by atoms with Crippen molar-refractivity contribution < 1.29 is 9.53 Å². The summed E-state index contributed by atoms with van der Waals surface area (Å²) in [5.74, 6) is 0.313. The number of carbonyl (C=O) groups excluding carboxylic acids is 1. The fourth-order valence-electron chi connectivity index (χ4n) is 1.77. The SMILES string of the molecule is C=C(C)[C@@H]1CC(=O)[C@]2(N)OC2C1. The lowest BCUT2D eigenvalue weighted by atomic mass is 9.82. The van der Waals surface area contributed by atoms with Crippen LogP contribution in [0.2, 0.25) is 0 Å². The molecule has 0 radical (unpaired) electrons. The van der Waals surface area contributed by atoms with Crippen LogP contribution in [0.4, 0.5) is 0 Å². The summed E-state index contributed by atoms with van der Waals surface area (Å²) in [6.07, 6.45) is 1.32. The first-order valence-corrected chi connectivity index (χ1v) is 4.19. The van der Waals surface area contributed by atoms with Crippen molar-refractivity contribution in [2.45, 2.75) is 31.6 Å². The van der Waals surface area contributed by atoms with Crippen LogP contribution in [0.1, 0.15) is 19.8 Å². The zero-order valence-electron chi connectivity index (χ0n) is 7.17. The van der Waals surface area contributed by atoms with E-state index in [1.165, 1.54) is 0 Å². The number of rotatable bonds is 1. The smallest absolute Gasteiger partial charge is 0.203 e. The minimum absolute atomic E-state index is 0.0340. The minimum atomic E-state index is -0.911. The summed E-state index contributed by atoms with van der Waals surface area (Å²) < 4.78 is 5.15. The number of nitrogens with two attached hydrogens (primary N) is 1. The van der Waals surface area contributed by atoms with E-state index in [1.54, 1.807) is 0 Å². The number of allylic oxidation sites excluding steroid dienone is 1. The first-order valence-electron chi connectivity index (χ1n) is 4.19. The van der Waals surface area contributed by atoms with Gasteiger partial charge in [0.25, 0.3) is 0 Å². The molecule has 0 amide bonds. The molecule has 66 valence electrons. The maximum atomic E-state index is 11.4. The maximum Gasteiger partial charge on any atom is 0.203 e. The van der Waals surface area contributed by atoms with Gasteiger partial charge in [0.05, 0.1) is 0 Å². The van der Waals surface area contributed by atoms with Gasteiger partial charge >= 0.3 is 0 Å². The van der Waals surface area contributed by atoms with E-state index < -0.39 is 5.72 Å². The van der Waals surface area contributed by atoms with Crippen LogP contribution < -0.4 is 5.73 Å². The van der Waals surface area contributed by atoms with E-state index in [9.17, 15) is 4.79 Å². The summed E-state index contributed by atoms with van der Waals surface area (Å²) in [6.45, 7) is 5.79. The summed E-state index contributed by atoms with van der Waals surface area (Å²) in [5.41, 5.74) is 5.80. The van der Waals surface area contributed by atoms with E-state index in [2.05, 4.69) is 6.58 Å². The summed E-state index contributed by atoms with van der Waals surface area (Å²) in [5, 5.41) is 0. The number of hydrogen-bond acceptors (Lipinski definition) is 3. The van der Waals surface area contributed by atoms with Gasteiger partial charge in [-0.15, -0.1) is 0 Å². The molecule has 0 bridgehead atoms. The number of carbonyl (C=O) groups is 1. The second kappa shape index (κ2) is 2.18. The van der Waals surface area contributed by atoms with Gasteiger partial charge in [-0.2, -0.15) is 0 Å². The number of hydrogen-bond donors (Lipinski definition) is 1. The van der Waals surface area contributed by atoms with E-state index in [0.717, 1.165) is 12.0 Å². The Hall–Kier alpha value is -0.670. The monoisotopic (exact) mass is 167 g/mol. The topological polar surface area (TPSA) is 55.6 Å². The van der Waals surface area contributed by atoms with Gasteiger partial charge in [-0.3, -0.25) is 10.5 Å². The van der Waals surface area contributed by atoms with Crippen LogP contribution in [0.15, 0.2) is 12.2 Å². The van der Waals surface area contributed by atoms with Crippen LogP contribution in [0, 0.1) is 5.92 Å². The Morgan fingerprint density at radius 2 is 2.50 bits per heavy atom. The molecule has 12 heavy (non-hydrogen) atoms. The van der Waals surface area contributed by atoms with Crippen molar-refractivity contribution in [1.29, 1.82) is 0 Å². The summed E-state index contributed by atoms with van der Waals surface area (Å²) in [7, 11) is 0. The maximum absolute atomic E-state index is 11.4. The molecule has 2 rings (SSSR count). The molecule has 0 aromatic rings. The van der Waals surface area contributed by atoms with Gasteiger partial charge in [0.2, 0.25) is 5.72 Å². The van der Waals surface area contributed by atoms with E-state index >= 15 is 0 Å². The lowest BCUT2D eigenvalue weighted by molar-refractivity contribution is -0.125. The first-order chi connectivity index (χ1) is 5.54. The molecule has 3 nitrogen and oxygen atoms in total. The summed E-state index contributed by atoms with van der Waals surface area (Å²) in [6, 6.07) is 0. The lowest BCUT2D eigenvalue weighted by Crippen LogP contribution is -2.42. The van der Waals surface area contributed by atoms with Gasteiger partial charge in [0, 0.05) is 6.42 Å². The normalized spacial score (nSPS) is 45.3. The zero-order chi connectivity index (χ0) is 8.93. The Labute approximate surface area is 71.6 Å². The van der Waals surface area contributed by atoms with Gasteiger partial charge in [0.1, 0.15) is 6.10 Å². The molecule has 1 aliphatic carbocycles. The molecule has 0 aromatic carbocycles. The molecular formula is C9H13NO2. The number of ether oxygens (including phenoxy) is 1. The predicted octanol–water partition coefficient (Wildman–Crippen LogP) is 0.595. The van der Waals surface area contributed by atoms with Crippen LogP contribution in [0.3, 0.4) is 0 Å². The van der Waals surface area contributed by atoms with Gasteiger partial charge < -0.3 is 4.74 Å². The van der Waals surface area contributed by atoms with Crippen molar-refractivity contribution in [1.82, 2.24) is 0 Å². The van der Waals surface area contributed by atoms with Crippen LogP contribution in [0.25, 0.3) is 0 Å². The Morgan fingerprint density at radius 3 is 3.00 bits per heavy atom. The number of ketones is 1. The van der Waals surface area contributed by atoms with Crippen molar-refractivity contribution in [2.24, 2.45) is 11.7 Å². The molecule has 0 aromatic heterocycles. The second-order valence-corrected chi connectivity index (χ2v) is 3.81. The summed E-state index contributed by atoms with van der Waals surface area (Å²) in [4.78, 5) is 11.4. The molecule has 1 aliphatic heterocycles. The third-order valence-electron chi connectivity index (χ3n) is 2.82. The highest BCUT2D eigenvalue weighted by Crippen LogP contribution is 2.44. The number of Topliss-reactive ketones (excluding diaryl/α,β-unsaturated/α-hetero) is 1. The van der Waals surface area contributed by atoms with Crippen molar-refractivity contribution in [3.05, 3.63) is 12.2 Å². The van der Waals surface area contributed by atoms with Gasteiger partial charge in [-0.05, 0) is 19.3 Å². The lowest BCUT2D eigenvalue weighted by Gasteiger charge is -2.20. The highest BCUT2D eigenvalue weighted by Gasteiger charge is 2.62. The Balaban J connectivity index is 2.12. The molecule has 1 saturated carbocycles. The quantitative estimate of drug-likeness (QED) is 0.459. The Morgan fingerprint density at radius 1 is 1.83 bits per heavy atom. The molecule has 0 spiro atoms. The molecule has 1 unspecified atom stereocenters. The fraction of sp³-hybridized carbons (Fsp3) is 0.667. The van der Waals surface area contributed by atoms with Gasteiger partial charge in [-0.1, -0.05) is 12.2 Å². The summed E-state index contributed by atoms with van der Waals surface area (Å²) >= 11 is 0. The second-order valence-electron chi connectivity index (χ2n) is 3.81. The van der Waals surface area contributed by atoms with Crippen LogP contribution in [-0.4, -0.2) is 17.6 Å². The molecule has 2 N–H and O–H groups in total. The van der Waals surface area contributed by atoms with E-state index in [1.807, 2.05) is 6.92 Å². The number of fused-ring (bicyclic) bond motifs is 1. The number of epoxide rings is 1. The average molecular weight is 167 g/mol. The molecule has 1 saturated heterocycles. The van der Waals surface area contributed by atoms with Gasteiger partial charge in [-0.25, -0.2) is 0 Å². The van der Waals surface area contributed by atoms with E-state index in [0.29, 0.717) is 6.42 Å². The van der Waals surface area contributed by atoms with Crippen molar-refractivity contribution in [3.63, 3.8) is 0 Å². The van der Waals surface area contributed by atoms with Crippen molar-refractivity contribution in [3.8, 4) is 0 Å². The fourth-order valence-corrected chi connectivity index (χ4v) is 1.77. The third-order valence-corrected chi connectivity index (χ3v) is 2.82. The first kappa shape index (κ1) is 7.95. The van der Waals surface area contributed by atoms with Crippen LogP contribution in [-0.2, 0) is 9.53 Å². The molecule has 3 atom stereocenters. The van der Waals surface area contributed by atoms with Crippen molar-refractivity contribution >= 4 is 5.78 Å². The highest BCUT2D eigenvalue weighted by atomic mass is 16.6. The minimum Gasteiger partial charge on any atom is -0.343 e. The average Bonchev–Trinajstić information content (AvgIpc) is 2.62. The Kier molecular flexibility index (Phi) is 1.44. The van der Waals surface area contributed by atoms with E-state index in [4.69, 9.17) is 10.5 Å². The van der Waals surface area contributed by atoms with Crippen LogP contribution >= 0.6 is 0 Å². The molecule has 1 heterocycles. The predicted molar refractivity (Wildman–Crippen MR) is 44.3 cm³/mol. The molecule has 2 aliphatic rings. The standard InChI is InChI=1S/C9H13NO2/c1-5(2)6-3-7(11)9(10)8(4-6)12-9/h6,8H,1,3-4,10H2,2H3/t6-,8?,9+/m1/s1. The van der Waals surface area contributed by atoms with E-state index in [-0.39, 0.29) is 17.8 Å². The van der Waals surface area contributed by atoms with Gasteiger partial charge in [0.15, 0.2) is 5.78 Å². The molecule has 3 heteroatoms. The van der Waals surface area contributed by atoms with Crippen molar-refractivity contribution in [2.75, 3.05) is 0 Å². The molecular weight excluding hydrogens is 154 g/mol. The molecule has 2 fully saturated rings. The third kappa shape index (κ3) is 0.934. The largest absolute Gasteiger partial charge is 0.343 e. The zero-order valence-corrected chi connectivity index (χ0v) is 7.17.